The fourth-order valence-electron chi connectivity index (χ4n) is 2.50. The van der Waals surface area contributed by atoms with Crippen molar-refractivity contribution in [1.29, 1.82) is 5.26 Å². The largest absolute Gasteiger partial charge is 0.366 e. The predicted molar refractivity (Wildman–Crippen MR) is 82.4 cm³/mol. The Morgan fingerprint density at radius 1 is 1.19 bits per heavy atom. The minimum Gasteiger partial charge on any atom is -0.366 e. The molecule has 2 aromatic carbocycles. The van der Waals surface area contributed by atoms with Crippen LogP contribution in [0.2, 0.25) is 0 Å². The highest BCUT2D eigenvalue weighted by Gasteiger charge is 2.21. The van der Waals surface area contributed by atoms with Gasteiger partial charge in [-0.15, -0.1) is 0 Å². The summed E-state index contributed by atoms with van der Waals surface area (Å²) in [7, 11) is 1.92. The summed E-state index contributed by atoms with van der Waals surface area (Å²) < 4.78 is 13.1. The van der Waals surface area contributed by atoms with Gasteiger partial charge in [0, 0.05) is 18.8 Å². The maximum atomic E-state index is 13.1. The molecule has 0 radical (unpaired) electrons. The molecule has 2 aromatic rings. The van der Waals surface area contributed by atoms with Crippen molar-refractivity contribution in [3.05, 3.63) is 65.5 Å². The van der Waals surface area contributed by atoms with Gasteiger partial charge in [0.1, 0.15) is 5.82 Å². The maximum absolute atomic E-state index is 13.1. The van der Waals surface area contributed by atoms with E-state index in [9.17, 15) is 4.39 Å². The van der Waals surface area contributed by atoms with Crippen LogP contribution >= 0.6 is 0 Å². The lowest BCUT2D eigenvalue weighted by molar-refractivity contribution is 0.555. The third-order valence-electron chi connectivity index (χ3n) is 3.51. The number of hydrogen-bond donors (Lipinski definition) is 1. The summed E-state index contributed by atoms with van der Waals surface area (Å²) in [5.74, 6) is -0.267. The van der Waals surface area contributed by atoms with Crippen molar-refractivity contribution >= 4 is 5.69 Å². The van der Waals surface area contributed by atoms with Gasteiger partial charge in [0.2, 0.25) is 0 Å². The smallest absolute Gasteiger partial charge is 0.123 e. The monoisotopic (exact) mass is 283 g/mol. The second-order valence-corrected chi connectivity index (χ2v) is 5.13. The molecule has 2 N–H and O–H groups in total. The van der Waals surface area contributed by atoms with E-state index in [1.807, 2.05) is 37.1 Å². The third kappa shape index (κ3) is 3.39. The highest BCUT2D eigenvalue weighted by atomic mass is 19.1. The van der Waals surface area contributed by atoms with E-state index in [4.69, 9.17) is 11.0 Å². The highest BCUT2D eigenvalue weighted by Crippen LogP contribution is 2.28. The highest BCUT2D eigenvalue weighted by molar-refractivity contribution is 5.53. The van der Waals surface area contributed by atoms with Gasteiger partial charge in [-0.1, -0.05) is 18.2 Å². The van der Waals surface area contributed by atoms with Crippen molar-refractivity contribution in [2.45, 2.75) is 19.0 Å². The van der Waals surface area contributed by atoms with Gasteiger partial charge in [0.05, 0.1) is 17.7 Å². The van der Waals surface area contributed by atoms with E-state index in [1.54, 1.807) is 18.2 Å². The molecule has 2 unspecified atom stereocenters. The summed E-state index contributed by atoms with van der Waals surface area (Å²) in [5, 5.41) is 9.00. The van der Waals surface area contributed by atoms with Crippen molar-refractivity contribution in [3.8, 4) is 6.07 Å². The zero-order chi connectivity index (χ0) is 15.4. The average Bonchev–Trinajstić information content (AvgIpc) is 2.49. The van der Waals surface area contributed by atoms with E-state index in [0.29, 0.717) is 5.56 Å². The van der Waals surface area contributed by atoms with Gasteiger partial charge in [-0.05, 0) is 42.8 Å². The Morgan fingerprint density at radius 3 is 2.43 bits per heavy atom. The molecular weight excluding hydrogens is 265 g/mol. The quantitative estimate of drug-likeness (QED) is 0.937. The SMILES string of the molecule is CC(N)C(c1ccc(F)cc1)N(C)c1cccc(C#N)c1. The zero-order valence-electron chi connectivity index (χ0n) is 12.1. The van der Waals surface area contributed by atoms with Gasteiger partial charge in [0.25, 0.3) is 0 Å². The number of benzene rings is 2. The van der Waals surface area contributed by atoms with E-state index < -0.39 is 0 Å². The Labute approximate surface area is 124 Å². The first-order chi connectivity index (χ1) is 10.0. The Morgan fingerprint density at radius 2 is 1.86 bits per heavy atom. The molecule has 3 nitrogen and oxygen atoms in total. The van der Waals surface area contributed by atoms with Crippen LogP contribution in [0.15, 0.2) is 48.5 Å². The molecule has 108 valence electrons. The summed E-state index contributed by atoms with van der Waals surface area (Å²) in [4.78, 5) is 2.01. The third-order valence-corrected chi connectivity index (χ3v) is 3.51. The molecule has 0 aromatic heterocycles. The first-order valence-corrected chi connectivity index (χ1v) is 6.77. The lowest BCUT2D eigenvalue weighted by Crippen LogP contribution is -2.37. The zero-order valence-corrected chi connectivity index (χ0v) is 12.1. The number of hydrogen-bond acceptors (Lipinski definition) is 3. The van der Waals surface area contributed by atoms with Crippen molar-refractivity contribution < 1.29 is 4.39 Å². The van der Waals surface area contributed by atoms with E-state index >= 15 is 0 Å². The number of anilines is 1. The number of nitriles is 1. The van der Waals surface area contributed by atoms with Crippen LogP contribution in [0.3, 0.4) is 0 Å². The Hall–Kier alpha value is -2.38. The summed E-state index contributed by atoms with van der Waals surface area (Å²) in [6, 6.07) is 15.6. The Bertz CT molecular complexity index is 644. The molecule has 0 fully saturated rings. The van der Waals surface area contributed by atoms with Crippen LogP contribution in [-0.4, -0.2) is 13.1 Å². The molecule has 0 saturated carbocycles. The van der Waals surface area contributed by atoms with E-state index in [0.717, 1.165) is 11.3 Å². The van der Waals surface area contributed by atoms with Crippen LogP contribution in [0.1, 0.15) is 24.1 Å². The van der Waals surface area contributed by atoms with Crippen LogP contribution < -0.4 is 10.6 Å². The minimum absolute atomic E-state index is 0.0976. The molecular formula is C17H18FN3. The average molecular weight is 283 g/mol. The lowest BCUT2D eigenvalue weighted by Gasteiger charge is -2.33. The molecule has 0 aliphatic rings. The summed E-state index contributed by atoms with van der Waals surface area (Å²) in [6.45, 7) is 1.92. The van der Waals surface area contributed by atoms with Crippen molar-refractivity contribution in [1.82, 2.24) is 0 Å². The predicted octanol–water partition coefficient (Wildman–Crippen LogP) is 3.22. The second kappa shape index (κ2) is 6.38. The van der Waals surface area contributed by atoms with Gasteiger partial charge in [-0.25, -0.2) is 4.39 Å². The fraction of sp³-hybridized carbons (Fsp3) is 0.235. The van der Waals surface area contributed by atoms with Crippen LogP contribution in [0.4, 0.5) is 10.1 Å². The van der Waals surface area contributed by atoms with Gasteiger partial charge in [-0.3, -0.25) is 0 Å². The molecule has 0 aliphatic heterocycles. The molecule has 0 bridgehead atoms. The molecule has 0 aliphatic carbocycles. The number of likely N-dealkylation sites (N-methyl/N-ethyl adjacent to an activating group) is 1. The van der Waals surface area contributed by atoms with Crippen LogP contribution in [-0.2, 0) is 0 Å². The van der Waals surface area contributed by atoms with Gasteiger partial charge >= 0.3 is 0 Å². The summed E-state index contributed by atoms with van der Waals surface area (Å²) in [6.07, 6.45) is 0. The van der Waals surface area contributed by atoms with Crippen molar-refractivity contribution in [2.24, 2.45) is 5.73 Å². The van der Waals surface area contributed by atoms with Crippen LogP contribution in [0, 0.1) is 17.1 Å². The topological polar surface area (TPSA) is 53.0 Å². The van der Waals surface area contributed by atoms with E-state index in [-0.39, 0.29) is 17.9 Å². The standard InChI is InChI=1S/C17H18FN3/c1-12(20)17(14-6-8-15(18)9-7-14)21(2)16-5-3-4-13(10-16)11-19/h3-10,12,17H,20H2,1-2H3. The molecule has 0 amide bonds. The van der Waals surface area contributed by atoms with Gasteiger partial charge in [-0.2, -0.15) is 5.26 Å². The van der Waals surface area contributed by atoms with E-state index in [2.05, 4.69) is 6.07 Å². The van der Waals surface area contributed by atoms with Gasteiger partial charge < -0.3 is 10.6 Å². The van der Waals surface area contributed by atoms with Crippen LogP contribution in [0.25, 0.3) is 0 Å². The summed E-state index contributed by atoms with van der Waals surface area (Å²) >= 11 is 0. The molecule has 0 heterocycles. The number of nitrogens with zero attached hydrogens (tertiary/aromatic N) is 2. The second-order valence-electron chi connectivity index (χ2n) is 5.13. The first kappa shape index (κ1) is 15.0. The first-order valence-electron chi connectivity index (χ1n) is 6.77. The van der Waals surface area contributed by atoms with E-state index in [1.165, 1.54) is 12.1 Å². The van der Waals surface area contributed by atoms with Crippen LogP contribution in [0.5, 0.6) is 0 Å². The molecule has 2 atom stereocenters. The number of rotatable bonds is 4. The van der Waals surface area contributed by atoms with Gasteiger partial charge in [0.15, 0.2) is 0 Å². The molecule has 0 saturated heterocycles. The molecule has 2 rings (SSSR count). The molecule has 21 heavy (non-hydrogen) atoms. The van der Waals surface area contributed by atoms with Crippen molar-refractivity contribution in [3.63, 3.8) is 0 Å². The number of nitrogens with two attached hydrogens (primary N) is 1. The summed E-state index contributed by atoms with van der Waals surface area (Å²) in [5.41, 5.74) is 8.56. The fourth-order valence-corrected chi connectivity index (χ4v) is 2.50. The Kier molecular flexibility index (Phi) is 4.56. The number of halogens is 1. The maximum Gasteiger partial charge on any atom is 0.123 e. The lowest BCUT2D eigenvalue weighted by atomic mass is 9.98. The molecule has 4 heteroatoms. The normalized spacial score (nSPS) is 13.3. The minimum atomic E-state index is -0.267. The molecule has 0 spiro atoms. The van der Waals surface area contributed by atoms with Crippen molar-refractivity contribution in [2.75, 3.05) is 11.9 Å². The Balaban J connectivity index is 2.37.